The summed E-state index contributed by atoms with van der Waals surface area (Å²) in [6.45, 7) is 1.50. The lowest BCUT2D eigenvalue weighted by Gasteiger charge is -2.15. The van der Waals surface area contributed by atoms with Gasteiger partial charge in [0.15, 0.2) is 0 Å². The SMILES string of the molecule is CC(=O)NC[C@H]1CN(c2cc(F)c(-c3cnc(-n4cnc5ccccc54)nc3)c(F)c2)C(=O)O1. The van der Waals surface area contributed by atoms with Gasteiger partial charge in [-0.3, -0.25) is 14.3 Å². The van der Waals surface area contributed by atoms with Crippen LogP contribution in [0.15, 0.2) is 55.1 Å². The Morgan fingerprint density at radius 1 is 1.15 bits per heavy atom. The summed E-state index contributed by atoms with van der Waals surface area (Å²) in [7, 11) is 0. The molecule has 0 saturated carbocycles. The molecule has 2 aromatic carbocycles. The van der Waals surface area contributed by atoms with E-state index in [-0.39, 0.29) is 35.8 Å². The van der Waals surface area contributed by atoms with E-state index in [0.717, 1.165) is 28.1 Å². The van der Waals surface area contributed by atoms with Gasteiger partial charge in [-0.2, -0.15) is 0 Å². The highest BCUT2D eigenvalue weighted by Gasteiger charge is 2.33. The maximum absolute atomic E-state index is 15.0. The van der Waals surface area contributed by atoms with Crippen molar-refractivity contribution >= 4 is 28.7 Å². The number of imidazole rings is 1. The summed E-state index contributed by atoms with van der Waals surface area (Å²) < 4.78 is 36.8. The van der Waals surface area contributed by atoms with E-state index >= 15 is 0 Å². The molecule has 1 N–H and O–H groups in total. The molecule has 1 fully saturated rings. The fourth-order valence-electron chi connectivity index (χ4n) is 3.78. The Morgan fingerprint density at radius 2 is 1.85 bits per heavy atom. The van der Waals surface area contributed by atoms with Gasteiger partial charge in [-0.15, -0.1) is 0 Å². The van der Waals surface area contributed by atoms with Gasteiger partial charge in [0.25, 0.3) is 0 Å². The summed E-state index contributed by atoms with van der Waals surface area (Å²) in [5.41, 5.74) is 1.40. The molecule has 1 saturated heterocycles. The molecule has 0 radical (unpaired) electrons. The quantitative estimate of drug-likeness (QED) is 0.487. The van der Waals surface area contributed by atoms with E-state index in [1.54, 1.807) is 10.9 Å². The smallest absolute Gasteiger partial charge is 0.414 e. The van der Waals surface area contributed by atoms with Gasteiger partial charge in [0.1, 0.15) is 24.1 Å². The molecule has 3 heterocycles. The number of hydrogen-bond acceptors (Lipinski definition) is 6. The van der Waals surface area contributed by atoms with Crippen molar-refractivity contribution in [2.45, 2.75) is 13.0 Å². The number of amides is 2. The maximum atomic E-state index is 15.0. The van der Waals surface area contributed by atoms with Crippen molar-refractivity contribution in [3.8, 4) is 17.1 Å². The Kier molecular flexibility index (Phi) is 5.36. The number of benzene rings is 2. The topological polar surface area (TPSA) is 102 Å². The van der Waals surface area contributed by atoms with Crippen LogP contribution in [0, 0.1) is 11.6 Å². The van der Waals surface area contributed by atoms with Gasteiger partial charge in [-0.25, -0.2) is 28.5 Å². The third-order valence-electron chi connectivity index (χ3n) is 5.39. The first-order valence-electron chi connectivity index (χ1n) is 10.4. The molecular formula is C23H18F2N6O3. The van der Waals surface area contributed by atoms with Crippen LogP contribution in [-0.4, -0.2) is 50.7 Å². The molecule has 1 aliphatic heterocycles. The monoisotopic (exact) mass is 464 g/mol. The summed E-state index contributed by atoms with van der Waals surface area (Å²) in [6.07, 6.45) is 2.85. The third-order valence-corrected chi connectivity index (χ3v) is 5.39. The van der Waals surface area contributed by atoms with Crippen molar-refractivity contribution in [2.24, 2.45) is 0 Å². The maximum Gasteiger partial charge on any atom is 0.414 e. The van der Waals surface area contributed by atoms with Gasteiger partial charge in [0.2, 0.25) is 11.9 Å². The average molecular weight is 464 g/mol. The average Bonchev–Trinajstić information content (AvgIpc) is 3.41. The Balaban J connectivity index is 1.40. The van der Waals surface area contributed by atoms with Gasteiger partial charge in [0.05, 0.1) is 35.4 Å². The second-order valence-electron chi connectivity index (χ2n) is 7.71. The zero-order chi connectivity index (χ0) is 23.8. The molecule has 9 nitrogen and oxygen atoms in total. The number of nitrogens with zero attached hydrogens (tertiary/aromatic N) is 5. The van der Waals surface area contributed by atoms with Crippen LogP contribution in [-0.2, 0) is 9.53 Å². The van der Waals surface area contributed by atoms with Crippen LogP contribution in [0.3, 0.4) is 0 Å². The largest absolute Gasteiger partial charge is 0.442 e. The van der Waals surface area contributed by atoms with Gasteiger partial charge in [-0.1, -0.05) is 12.1 Å². The molecule has 4 aromatic rings. The molecule has 0 bridgehead atoms. The van der Waals surface area contributed by atoms with Crippen molar-refractivity contribution in [1.29, 1.82) is 0 Å². The highest BCUT2D eigenvalue weighted by Crippen LogP contribution is 2.31. The number of anilines is 1. The summed E-state index contributed by atoms with van der Waals surface area (Å²) in [6, 6.07) is 9.55. The second-order valence-corrected chi connectivity index (χ2v) is 7.71. The molecule has 0 unspecified atom stereocenters. The molecule has 2 aromatic heterocycles. The van der Waals surface area contributed by atoms with E-state index in [9.17, 15) is 18.4 Å². The van der Waals surface area contributed by atoms with Crippen molar-refractivity contribution in [2.75, 3.05) is 18.0 Å². The summed E-state index contributed by atoms with van der Waals surface area (Å²) >= 11 is 0. The Morgan fingerprint density at radius 3 is 2.56 bits per heavy atom. The first-order chi connectivity index (χ1) is 16.4. The standard InChI is InChI=1S/C23H18F2N6O3/c1-13(32)26-10-16-11-30(23(33)34-16)15-6-17(24)21(18(25)7-15)14-8-27-22(28-9-14)31-12-29-19-4-2-3-5-20(19)31/h2-9,12,16H,10-11H2,1H3,(H,26,32)/t16-/m0/s1. The summed E-state index contributed by atoms with van der Waals surface area (Å²) in [5.74, 6) is -1.72. The summed E-state index contributed by atoms with van der Waals surface area (Å²) in [5, 5.41) is 2.55. The predicted octanol–water partition coefficient (Wildman–Crippen LogP) is 3.22. The van der Waals surface area contributed by atoms with E-state index in [0.29, 0.717) is 5.95 Å². The second kappa shape index (κ2) is 8.50. The number of cyclic esters (lactones) is 1. The van der Waals surface area contributed by atoms with Crippen molar-refractivity contribution < 1.29 is 23.1 Å². The molecule has 2 amide bonds. The lowest BCUT2D eigenvalue weighted by molar-refractivity contribution is -0.119. The predicted molar refractivity (Wildman–Crippen MR) is 118 cm³/mol. The number of nitrogens with one attached hydrogen (secondary N) is 1. The summed E-state index contributed by atoms with van der Waals surface area (Å²) in [4.78, 5) is 37.1. The molecular weight excluding hydrogens is 446 g/mol. The lowest BCUT2D eigenvalue weighted by atomic mass is 10.1. The van der Waals surface area contributed by atoms with Crippen LogP contribution in [0.5, 0.6) is 0 Å². The first kappa shape index (κ1) is 21.4. The fourth-order valence-corrected chi connectivity index (χ4v) is 3.78. The van der Waals surface area contributed by atoms with Gasteiger partial charge < -0.3 is 10.1 Å². The lowest BCUT2D eigenvalue weighted by Crippen LogP contribution is -2.33. The van der Waals surface area contributed by atoms with Crippen molar-refractivity contribution in [3.63, 3.8) is 0 Å². The number of hydrogen-bond donors (Lipinski definition) is 1. The highest BCUT2D eigenvalue weighted by molar-refractivity contribution is 5.90. The third kappa shape index (κ3) is 3.91. The van der Waals surface area contributed by atoms with E-state index in [2.05, 4.69) is 20.3 Å². The van der Waals surface area contributed by atoms with Crippen molar-refractivity contribution in [1.82, 2.24) is 24.8 Å². The number of ether oxygens (including phenoxy) is 1. The number of aromatic nitrogens is 4. The minimum absolute atomic E-state index is 0.0106. The fraction of sp³-hybridized carbons (Fsp3) is 0.174. The molecule has 172 valence electrons. The van der Waals surface area contributed by atoms with Gasteiger partial charge in [-0.05, 0) is 24.3 Å². The Bertz CT molecular complexity index is 1380. The zero-order valence-electron chi connectivity index (χ0n) is 17.9. The zero-order valence-corrected chi connectivity index (χ0v) is 17.9. The Hall–Kier alpha value is -4.41. The molecule has 0 spiro atoms. The van der Waals surface area contributed by atoms with Crippen molar-refractivity contribution in [3.05, 3.63) is 66.8 Å². The number of carbonyl (C=O) groups is 2. The van der Waals surface area contributed by atoms with Crippen LogP contribution >= 0.6 is 0 Å². The van der Waals surface area contributed by atoms with E-state index < -0.39 is 23.8 Å². The van der Waals surface area contributed by atoms with Crippen LogP contribution < -0.4 is 10.2 Å². The van der Waals surface area contributed by atoms with Gasteiger partial charge >= 0.3 is 6.09 Å². The van der Waals surface area contributed by atoms with E-state index in [1.165, 1.54) is 19.3 Å². The molecule has 34 heavy (non-hydrogen) atoms. The first-order valence-corrected chi connectivity index (χ1v) is 10.4. The molecule has 1 aliphatic rings. The van der Waals surface area contributed by atoms with Crippen LogP contribution in [0.2, 0.25) is 0 Å². The van der Waals surface area contributed by atoms with E-state index in [4.69, 9.17) is 4.74 Å². The highest BCUT2D eigenvalue weighted by atomic mass is 19.1. The normalized spacial score (nSPS) is 15.6. The number of fused-ring (bicyclic) bond motifs is 1. The van der Waals surface area contributed by atoms with Crippen LogP contribution in [0.25, 0.3) is 28.1 Å². The molecule has 11 heteroatoms. The number of rotatable bonds is 5. The molecule has 5 rings (SSSR count). The van der Waals surface area contributed by atoms with Crippen LogP contribution in [0.1, 0.15) is 6.92 Å². The van der Waals surface area contributed by atoms with Gasteiger partial charge in [0, 0.05) is 24.9 Å². The molecule has 1 atom stereocenters. The minimum atomic E-state index is -0.877. The number of para-hydroxylation sites is 2. The van der Waals surface area contributed by atoms with Crippen LogP contribution in [0.4, 0.5) is 19.3 Å². The number of carbonyl (C=O) groups excluding carboxylic acids is 2. The Labute approximate surface area is 192 Å². The molecule has 0 aliphatic carbocycles. The minimum Gasteiger partial charge on any atom is -0.442 e. The number of halogens is 2. The van der Waals surface area contributed by atoms with E-state index in [1.807, 2.05) is 24.3 Å².